The molecule has 0 aliphatic rings. The number of alkyl halides is 6. The Bertz CT molecular complexity index is 810. The Morgan fingerprint density at radius 3 is 2.00 bits per heavy atom. The lowest BCUT2D eigenvalue weighted by atomic mass is 9.87. The van der Waals surface area contributed by atoms with Crippen LogP contribution in [0.25, 0.3) is 0 Å². The van der Waals surface area contributed by atoms with Crippen LogP contribution in [0.1, 0.15) is 31.9 Å². The predicted molar refractivity (Wildman–Crippen MR) is 91.8 cm³/mol. The van der Waals surface area contributed by atoms with Crippen molar-refractivity contribution in [2.75, 3.05) is 18.6 Å². The van der Waals surface area contributed by atoms with Gasteiger partial charge in [-0.3, -0.25) is 0 Å². The third-order valence-corrected chi connectivity index (χ3v) is 3.84. The number of rotatable bonds is 4. The Balaban J connectivity index is 2.36. The minimum absolute atomic E-state index is 0.0967. The zero-order valence-corrected chi connectivity index (χ0v) is 15.6. The second-order valence-corrected chi connectivity index (χ2v) is 7.15. The summed E-state index contributed by atoms with van der Waals surface area (Å²) in [5, 5.41) is 0. The number of halogens is 6. The Kier molecular flexibility index (Phi) is 5.82. The molecule has 10 heteroatoms. The molecule has 0 fully saturated rings. The van der Waals surface area contributed by atoms with Crippen LogP contribution in [0.2, 0.25) is 0 Å². The highest BCUT2D eigenvalue weighted by molar-refractivity contribution is 5.57. The fourth-order valence-corrected chi connectivity index (χ4v) is 2.27. The standard InChI is InChI=1S/C18H19F6N3O/c1-16(2,3)11-5-7-12(8-6-11)27(4)15-25-9-13(18(22,23)24)14(26-15)28-10-17(19,20)21/h5-9H,10H2,1-4H3. The van der Waals surface area contributed by atoms with Crippen molar-refractivity contribution in [2.24, 2.45) is 0 Å². The fourth-order valence-electron chi connectivity index (χ4n) is 2.27. The van der Waals surface area contributed by atoms with Gasteiger partial charge in [0.25, 0.3) is 0 Å². The number of hydrogen-bond acceptors (Lipinski definition) is 4. The van der Waals surface area contributed by atoms with Crippen molar-refractivity contribution in [2.45, 2.75) is 38.5 Å². The quantitative estimate of drug-likeness (QED) is 0.627. The SMILES string of the molecule is CN(c1ccc(C(C)(C)C)cc1)c1ncc(C(F)(F)F)c(OCC(F)(F)F)n1. The maximum Gasteiger partial charge on any atom is 0.423 e. The molecule has 0 bridgehead atoms. The van der Waals surface area contributed by atoms with E-state index in [4.69, 9.17) is 0 Å². The molecule has 1 aromatic carbocycles. The molecule has 0 N–H and O–H groups in total. The first-order chi connectivity index (χ1) is 12.7. The Morgan fingerprint density at radius 2 is 1.54 bits per heavy atom. The van der Waals surface area contributed by atoms with Crippen molar-refractivity contribution >= 4 is 11.6 Å². The average Bonchev–Trinajstić information content (AvgIpc) is 2.57. The average molecular weight is 407 g/mol. The number of ether oxygens (including phenoxy) is 1. The van der Waals surface area contributed by atoms with Crippen LogP contribution in [0, 0.1) is 0 Å². The monoisotopic (exact) mass is 407 g/mol. The summed E-state index contributed by atoms with van der Waals surface area (Å²) in [6, 6.07) is 7.13. The Labute approximate surface area is 158 Å². The molecule has 0 aliphatic carbocycles. The summed E-state index contributed by atoms with van der Waals surface area (Å²) in [6.45, 7) is 4.18. The molecular formula is C18H19F6N3O. The summed E-state index contributed by atoms with van der Waals surface area (Å²) >= 11 is 0. The molecule has 0 atom stereocenters. The third-order valence-electron chi connectivity index (χ3n) is 3.84. The molecule has 2 rings (SSSR count). The molecule has 0 saturated heterocycles. The van der Waals surface area contributed by atoms with Gasteiger partial charge in [0.15, 0.2) is 6.61 Å². The summed E-state index contributed by atoms with van der Waals surface area (Å²) < 4.78 is 80.5. The number of nitrogens with zero attached hydrogens (tertiary/aromatic N) is 3. The lowest BCUT2D eigenvalue weighted by Gasteiger charge is -2.22. The number of anilines is 2. The van der Waals surface area contributed by atoms with E-state index in [1.54, 1.807) is 12.1 Å². The first kappa shape index (κ1) is 21.8. The maximum absolute atomic E-state index is 13.0. The normalized spacial score (nSPS) is 12.8. The smallest absolute Gasteiger partial charge is 0.423 e. The van der Waals surface area contributed by atoms with Crippen molar-refractivity contribution < 1.29 is 31.1 Å². The molecule has 154 valence electrons. The molecule has 0 saturated carbocycles. The predicted octanol–water partition coefficient (Wildman–Crippen LogP) is 5.50. The largest absolute Gasteiger partial charge is 0.467 e. The van der Waals surface area contributed by atoms with Crippen molar-refractivity contribution in [1.29, 1.82) is 0 Å². The topological polar surface area (TPSA) is 38.2 Å². The van der Waals surface area contributed by atoms with Crippen LogP contribution in [0.15, 0.2) is 30.5 Å². The molecule has 0 radical (unpaired) electrons. The van der Waals surface area contributed by atoms with E-state index < -0.39 is 30.4 Å². The van der Waals surface area contributed by atoms with Crippen LogP contribution in [0.5, 0.6) is 5.88 Å². The van der Waals surface area contributed by atoms with E-state index in [0.717, 1.165) is 5.56 Å². The lowest BCUT2D eigenvalue weighted by Crippen LogP contribution is -2.23. The number of benzene rings is 1. The lowest BCUT2D eigenvalue weighted by molar-refractivity contribution is -0.159. The van der Waals surface area contributed by atoms with Gasteiger partial charge in [0.05, 0.1) is 0 Å². The molecule has 28 heavy (non-hydrogen) atoms. The van der Waals surface area contributed by atoms with E-state index >= 15 is 0 Å². The van der Waals surface area contributed by atoms with Gasteiger partial charge in [-0.1, -0.05) is 32.9 Å². The minimum Gasteiger partial charge on any atom is -0.467 e. The van der Waals surface area contributed by atoms with E-state index in [9.17, 15) is 26.3 Å². The second kappa shape index (κ2) is 7.48. The first-order valence-corrected chi connectivity index (χ1v) is 8.16. The maximum atomic E-state index is 13.0. The summed E-state index contributed by atoms with van der Waals surface area (Å²) in [5.74, 6) is -1.40. The molecule has 1 aromatic heterocycles. The molecule has 0 spiro atoms. The van der Waals surface area contributed by atoms with Gasteiger partial charge in [0.2, 0.25) is 11.8 Å². The van der Waals surface area contributed by atoms with Gasteiger partial charge in [-0.2, -0.15) is 31.3 Å². The van der Waals surface area contributed by atoms with Crippen molar-refractivity contribution in [3.63, 3.8) is 0 Å². The van der Waals surface area contributed by atoms with Gasteiger partial charge in [0.1, 0.15) is 5.56 Å². The molecule has 0 aliphatic heterocycles. The van der Waals surface area contributed by atoms with E-state index in [0.29, 0.717) is 11.9 Å². The van der Waals surface area contributed by atoms with Crippen molar-refractivity contribution in [1.82, 2.24) is 9.97 Å². The van der Waals surface area contributed by atoms with Crippen LogP contribution in [-0.4, -0.2) is 29.8 Å². The molecule has 4 nitrogen and oxygen atoms in total. The van der Waals surface area contributed by atoms with Crippen molar-refractivity contribution in [3.05, 3.63) is 41.6 Å². The zero-order valence-electron chi connectivity index (χ0n) is 15.6. The first-order valence-electron chi connectivity index (χ1n) is 8.16. The molecule has 0 amide bonds. The molecule has 2 aromatic rings. The summed E-state index contributed by atoms with van der Waals surface area (Å²) in [7, 11) is 1.49. The Hall–Kier alpha value is -2.52. The van der Waals surface area contributed by atoms with Gasteiger partial charge in [0, 0.05) is 18.9 Å². The van der Waals surface area contributed by atoms with E-state index in [-0.39, 0.29) is 11.4 Å². The van der Waals surface area contributed by atoms with Crippen LogP contribution in [-0.2, 0) is 11.6 Å². The van der Waals surface area contributed by atoms with Gasteiger partial charge < -0.3 is 9.64 Å². The molecule has 1 heterocycles. The summed E-state index contributed by atoms with van der Waals surface area (Å²) in [5.41, 5.74) is 0.0132. The van der Waals surface area contributed by atoms with Crippen LogP contribution >= 0.6 is 0 Å². The van der Waals surface area contributed by atoms with Gasteiger partial charge in [-0.15, -0.1) is 0 Å². The Morgan fingerprint density at radius 1 is 0.964 bits per heavy atom. The highest BCUT2D eigenvalue weighted by Gasteiger charge is 2.38. The van der Waals surface area contributed by atoms with E-state index in [1.807, 2.05) is 32.9 Å². The van der Waals surface area contributed by atoms with Gasteiger partial charge in [-0.25, -0.2) is 4.98 Å². The van der Waals surface area contributed by atoms with E-state index in [2.05, 4.69) is 14.7 Å². The second-order valence-electron chi connectivity index (χ2n) is 7.15. The van der Waals surface area contributed by atoms with Gasteiger partial charge in [-0.05, 0) is 23.1 Å². The zero-order chi connectivity index (χ0) is 21.3. The van der Waals surface area contributed by atoms with Crippen LogP contribution in [0.4, 0.5) is 38.0 Å². The summed E-state index contributed by atoms with van der Waals surface area (Å²) in [4.78, 5) is 8.55. The number of aromatic nitrogens is 2. The van der Waals surface area contributed by atoms with Crippen molar-refractivity contribution in [3.8, 4) is 5.88 Å². The third kappa shape index (κ3) is 5.49. The van der Waals surface area contributed by atoms with Crippen LogP contribution in [0.3, 0.4) is 0 Å². The number of hydrogen-bond donors (Lipinski definition) is 0. The fraction of sp³-hybridized carbons (Fsp3) is 0.444. The minimum atomic E-state index is -4.95. The van der Waals surface area contributed by atoms with Gasteiger partial charge >= 0.3 is 12.4 Å². The highest BCUT2D eigenvalue weighted by Crippen LogP contribution is 2.36. The van der Waals surface area contributed by atoms with Crippen LogP contribution < -0.4 is 9.64 Å². The highest BCUT2D eigenvalue weighted by atomic mass is 19.4. The summed E-state index contributed by atoms with van der Waals surface area (Å²) in [6.07, 6.45) is -9.34. The molecule has 0 unspecified atom stereocenters. The van der Waals surface area contributed by atoms with E-state index in [1.165, 1.54) is 11.9 Å². The molecular weight excluding hydrogens is 388 g/mol.